The van der Waals surface area contributed by atoms with Crippen LogP contribution < -0.4 is 0 Å². The Hall–Kier alpha value is -3.08. The van der Waals surface area contributed by atoms with Crippen molar-refractivity contribution in [1.82, 2.24) is 9.97 Å². The summed E-state index contributed by atoms with van der Waals surface area (Å²) < 4.78 is 5.38. The molecule has 0 aliphatic carbocycles. The Morgan fingerprint density at radius 2 is 1.95 bits per heavy atom. The molecule has 0 aliphatic rings. The van der Waals surface area contributed by atoms with Crippen molar-refractivity contribution in [2.45, 2.75) is 0 Å². The van der Waals surface area contributed by atoms with Crippen LogP contribution in [0.15, 0.2) is 53.1 Å². The van der Waals surface area contributed by atoms with Gasteiger partial charge < -0.3 is 14.5 Å². The van der Waals surface area contributed by atoms with Gasteiger partial charge in [0.1, 0.15) is 5.69 Å². The average molecular weight is 278 g/mol. The summed E-state index contributed by atoms with van der Waals surface area (Å²) in [7, 11) is 0. The Bertz CT molecular complexity index is 981. The van der Waals surface area contributed by atoms with Gasteiger partial charge in [0.25, 0.3) is 0 Å². The van der Waals surface area contributed by atoms with Crippen molar-refractivity contribution in [2.75, 3.05) is 0 Å². The Morgan fingerprint density at radius 3 is 2.76 bits per heavy atom. The van der Waals surface area contributed by atoms with Gasteiger partial charge >= 0.3 is 5.97 Å². The van der Waals surface area contributed by atoms with E-state index >= 15 is 0 Å². The molecule has 102 valence electrons. The molecule has 0 unspecified atom stereocenters. The number of fused-ring (bicyclic) bond motifs is 3. The summed E-state index contributed by atoms with van der Waals surface area (Å²) in [4.78, 5) is 18.6. The van der Waals surface area contributed by atoms with Crippen molar-refractivity contribution in [3.8, 4) is 11.5 Å². The minimum atomic E-state index is -1.09. The molecule has 21 heavy (non-hydrogen) atoms. The van der Waals surface area contributed by atoms with Crippen LogP contribution in [0, 0.1) is 0 Å². The largest absolute Gasteiger partial charge is 0.475 e. The first-order chi connectivity index (χ1) is 10.2. The third kappa shape index (κ3) is 1.71. The van der Waals surface area contributed by atoms with Gasteiger partial charge in [-0.1, -0.05) is 18.2 Å². The first-order valence-electron chi connectivity index (χ1n) is 6.43. The number of aromatic amines is 1. The van der Waals surface area contributed by atoms with Crippen LogP contribution in [0.3, 0.4) is 0 Å². The number of furan rings is 1. The maximum absolute atomic E-state index is 11.0. The molecule has 4 aromatic rings. The molecule has 0 amide bonds. The van der Waals surface area contributed by atoms with E-state index in [-0.39, 0.29) is 5.76 Å². The van der Waals surface area contributed by atoms with E-state index in [1.807, 2.05) is 30.3 Å². The van der Waals surface area contributed by atoms with E-state index in [9.17, 15) is 4.79 Å². The van der Waals surface area contributed by atoms with Crippen LogP contribution in [0.1, 0.15) is 10.6 Å². The van der Waals surface area contributed by atoms with Crippen molar-refractivity contribution in [3.63, 3.8) is 0 Å². The molecule has 2 N–H and O–H groups in total. The van der Waals surface area contributed by atoms with E-state index in [2.05, 4.69) is 9.97 Å². The highest BCUT2D eigenvalue weighted by Crippen LogP contribution is 2.33. The first kappa shape index (κ1) is 11.7. The Morgan fingerprint density at radius 1 is 1.10 bits per heavy atom. The molecular weight excluding hydrogens is 268 g/mol. The van der Waals surface area contributed by atoms with Crippen LogP contribution in [-0.2, 0) is 0 Å². The number of hydrogen-bond acceptors (Lipinski definition) is 3. The fraction of sp³-hybridized carbons (Fsp3) is 0. The van der Waals surface area contributed by atoms with E-state index in [1.54, 1.807) is 12.3 Å². The highest BCUT2D eigenvalue weighted by atomic mass is 16.4. The second-order valence-corrected chi connectivity index (χ2v) is 4.72. The molecular formula is C16H10N2O3. The number of aromatic carboxylic acids is 1. The van der Waals surface area contributed by atoms with Gasteiger partial charge in [-0.05, 0) is 24.3 Å². The number of carboxylic acids is 1. The maximum Gasteiger partial charge on any atom is 0.371 e. The molecule has 3 heterocycles. The number of rotatable bonds is 2. The average Bonchev–Trinajstić information content (AvgIpc) is 3.11. The number of H-pyrrole nitrogens is 1. The van der Waals surface area contributed by atoms with E-state index in [0.29, 0.717) is 11.5 Å². The molecule has 0 fully saturated rings. The van der Waals surface area contributed by atoms with Gasteiger partial charge in [-0.15, -0.1) is 0 Å². The third-order valence-corrected chi connectivity index (χ3v) is 3.47. The normalized spacial score (nSPS) is 11.2. The summed E-state index contributed by atoms with van der Waals surface area (Å²) in [5, 5.41) is 10.9. The summed E-state index contributed by atoms with van der Waals surface area (Å²) in [6.45, 7) is 0. The van der Waals surface area contributed by atoms with E-state index in [4.69, 9.17) is 9.52 Å². The van der Waals surface area contributed by atoms with E-state index in [1.165, 1.54) is 6.07 Å². The van der Waals surface area contributed by atoms with Crippen LogP contribution in [-0.4, -0.2) is 21.0 Å². The molecule has 1 aromatic carbocycles. The zero-order valence-corrected chi connectivity index (χ0v) is 10.8. The molecule has 3 aromatic heterocycles. The molecule has 0 aliphatic heterocycles. The van der Waals surface area contributed by atoms with Crippen molar-refractivity contribution >= 4 is 27.8 Å². The van der Waals surface area contributed by atoms with Gasteiger partial charge in [-0.25, -0.2) is 4.79 Å². The third-order valence-electron chi connectivity index (χ3n) is 3.47. The lowest BCUT2D eigenvalue weighted by atomic mass is 10.1. The fourth-order valence-corrected chi connectivity index (χ4v) is 2.56. The SMILES string of the molecule is O=C(O)c1ccc(-c2nccc3[nH]c4ccccc4c23)o1. The fourth-order valence-electron chi connectivity index (χ4n) is 2.56. The Balaban J connectivity index is 2.05. The minimum Gasteiger partial charge on any atom is -0.475 e. The van der Waals surface area contributed by atoms with Crippen LogP contribution in [0.25, 0.3) is 33.3 Å². The standard InChI is InChI=1S/C16H10N2O3/c19-16(20)13-6-5-12(21-13)15-14-9-3-1-2-4-10(9)18-11(14)7-8-17-15/h1-8,18H,(H,19,20). The van der Waals surface area contributed by atoms with Crippen LogP contribution >= 0.6 is 0 Å². The minimum absolute atomic E-state index is 0.0938. The number of carbonyl (C=O) groups is 1. The lowest BCUT2D eigenvalue weighted by Gasteiger charge is -1.99. The number of nitrogens with one attached hydrogen (secondary N) is 1. The van der Waals surface area contributed by atoms with Gasteiger partial charge in [0, 0.05) is 22.5 Å². The van der Waals surface area contributed by atoms with Gasteiger partial charge in [0.05, 0.1) is 5.52 Å². The molecule has 0 spiro atoms. The van der Waals surface area contributed by atoms with Gasteiger partial charge in [0.2, 0.25) is 5.76 Å². The Labute approximate surface area is 118 Å². The smallest absolute Gasteiger partial charge is 0.371 e. The van der Waals surface area contributed by atoms with E-state index in [0.717, 1.165) is 21.8 Å². The highest BCUT2D eigenvalue weighted by molar-refractivity contribution is 6.12. The molecule has 0 bridgehead atoms. The van der Waals surface area contributed by atoms with Crippen molar-refractivity contribution < 1.29 is 14.3 Å². The number of benzene rings is 1. The molecule has 4 rings (SSSR count). The summed E-state index contributed by atoms with van der Waals surface area (Å²) in [6, 6.07) is 12.9. The second kappa shape index (κ2) is 4.21. The lowest BCUT2D eigenvalue weighted by Crippen LogP contribution is -1.91. The summed E-state index contributed by atoms with van der Waals surface area (Å²) in [6.07, 6.45) is 1.68. The molecule has 0 radical (unpaired) electrons. The zero-order valence-electron chi connectivity index (χ0n) is 10.8. The topological polar surface area (TPSA) is 79.1 Å². The molecule has 0 atom stereocenters. The molecule has 0 saturated carbocycles. The summed E-state index contributed by atoms with van der Waals surface area (Å²) >= 11 is 0. The number of carboxylic acid groups (broad SMARTS) is 1. The first-order valence-corrected chi connectivity index (χ1v) is 6.43. The van der Waals surface area contributed by atoms with Gasteiger partial charge in [-0.3, -0.25) is 4.98 Å². The Kier molecular flexibility index (Phi) is 2.35. The number of aromatic nitrogens is 2. The quantitative estimate of drug-likeness (QED) is 0.586. The predicted octanol–water partition coefficient (Wildman–Crippen LogP) is 3.67. The lowest BCUT2D eigenvalue weighted by molar-refractivity contribution is 0.0663. The van der Waals surface area contributed by atoms with Gasteiger partial charge in [0.15, 0.2) is 5.76 Å². The number of hydrogen-bond donors (Lipinski definition) is 2. The maximum atomic E-state index is 11.0. The summed E-state index contributed by atoms with van der Waals surface area (Å²) in [5.41, 5.74) is 2.58. The summed E-state index contributed by atoms with van der Waals surface area (Å²) in [5.74, 6) is -0.737. The molecule has 5 nitrogen and oxygen atoms in total. The number of para-hydroxylation sites is 1. The van der Waals surface area contributed by atoms with Crippen molar-refractivity contribution in [2.24, 2.45) is 0 Å². The van der Waals surface area contributed by atoms with Crippen LogP contribution in [0.4, 0.5) is 0 Å². The number of pyridine rings is 1. The van der Waals surface area contributed by atoms with Crippen LogP contribution in [0.2, 0.25) is 0 Å². The van der Waals surface area contributed by atoms with Crippen LogP contribution in [0.5, 0.6) is 0 Å². The van der Waals surface area contributed by atoms with Crippen molar-refractivity contribution in [1.29, 1.82) is 0 Å². The van der Waals surface area contributed by atoms with Gasteiger partial charge in [-0.2, -0.15) is 0 Å². The second-order valence-electron chi connectivity index (χ2n) is 4.72. The predicted molar refractivity (Wildman–Crippen MR) is 78.3 cm³/mol. The number of nitrogens with zero attached hydrogens (tertiary/aromatic N) is 1. The van der Waals surface area contributed by atoms with E-state index < -0.39 is 5.97 Å². The highest BCUT2D eigenvalue weighted by Gasteiger charge is 2.16. The van der Waals surface area contributed by atoms with Crippen molar-refractivity contribution in [3.05, 3.63) is 54.4 Å². The molecule has 5 heteroatoms. The molecule has 0 saturated heterocycles. The zero-order chi connectivity index (χ0) is 14.4. The monoisotopic (exact) mass is 278 g/mol.